The van der Waals surface area contributed by atoms with E-state index >= 15 is 0 Å². The smallest absolute Gasteiger partial charge is 0.318 e. The van der Waals surface area contributed by atoms with Gasteiger partial charge in [0, 0.05) is 6.54 Å². The fourth-order valence-corrected chi connectivity index (χ4v) is 5.44. The first-order chi connectivity index (χ1) is 15.3. The van der Waals surface area contributed by atoms with Crippen molar-refractivity contribution in [2.45, 2.75) is 45.2 Å². The van der Waals surface area contributed by atoms with E-state index in [-0.39, 0.29) is 17.9 Å². The number of hydrogen-bond acceptors (Lipinski definition) is 3. The molecule has 2 atom stereocenters. The van der Waals surface area contributed by atoms with Gasteiger partial charge in [-0.05, 0) is 62.4 Å². The van der Waals surface area contributed by atoms with Crippen LogP contribution in [0, 0.1) is 19.7 Å². The third kappa shape index (κ3) is 4.19. The third-order valence-corrected chi connectivity index (χ3v) is 7.42. The molecule has 2 heterocycles. The van der Waals surface area contributed by atoms with Gasteiger partial charge in [-0.1, -0.05) is 42.5 Å². The lowest BCUT2D eigenvalue weighted by Gasteiger charge is -2.44. The number of nitrogens with one attached hydrogen (secondary N) is 1. The minimum atomic E-state index is -0.561. The molecule has 4 nitrogen and oxygen atoms in total. The molecule has 1 fully saturated rings. The standard InChI is InChI=1S/C26H28FN3OS/c1-5-14-26(22-10-12-23(27)13-11-22)15-16-30(25(31)29-26)18(3)20-6-8-21(9-7-20)24-17(2)28-19(4)32-24/h5-13,18H,1,14-16H2,2-4H3,(H,29,31). The zero-order valence-corrected chi connectivity index (χ0v) is 19.5. The second kappa shape index (κ2) is 8.87. The number of aromatic nitrogens is 1. The van der Waals surface area contributed by atoms with Crippen LogP contribution in [0.4, 0.5) is 9.18 Å². The van der Waals surface area contributed by atoms with Gasteiger partial charge in [0.1, 0.15) is 5.82 Å². The number of thiazole rings is 1. The van der Waals surface area contributed by atoms with Crippen LogP contribution in [0.5, 0.6) is 0 Å². The molecule has 1 aliphatic heterocycles. The molecule has 1 saturated heterocycles. The fraction of sp³-hybridized carbons (Fsp3) is 0.308. The zero-order valence-electron chi connectivity index (χ0n) is 18.7. The molecule has 0 aliphatic carbocycles. The Morgan fingerprint density at radius 1 is 1.22 bits per heavy atom. The van der Waals surface area contributed by atoms with Gasteiger partial charge in [0.05, 0.1) is 27.2 Å². The van der Waals surface area contributed by atoms with Crippen molar-refractivity contribution in [3.63, 3.8) is 0 Å². The van der Waals surface area contributed by atoms with Crippen LogP contribution in [-0.2, 0) is 5.54 Å². The van der Waals surface area contributed by atoms with Gasteiger partial charge in [-0.2, -0.15) is 0 Å². The predicted octanol–water partition coefficient (Wildman–Crippen LogP) is 6.51. The second-order valence-electron chi connectivity index (χ2n) is 8.40. The van der Waals surface area contributed by atoms with Crippen LogP contribution in [0.15, 0.2) is 61.2 Å². The number of aryl methyl sites for hydroxylation is 2. The predicted molar refractivity (Wildman–Crippen MR) is 128 cm³/mol. The summed E-state index contributed by atoms with van der Waals surface area (Å²) in [4.78, 5) is 20.7. The number of rotatable bonds is 6. The van der Waals surface area contributed by atoms with E-state index in [1.54, 1.807) is 23.5 Å². The van der Waals surface area contributed by atoms with Crippen LogP contribution < -0.4 is 5.32 Å². The maximum Gasteiger partial charge on any atom is 0.318 e. The molecule has 2 amide bonds. The van der Waals surface area contributed by atoms with Gasteiger partial charge < -0.3 is 10.2 Å². The van der Waals surface area contributed by atoms with Crippen molar-refractivity contribution in [2.24, 2.45) is 0 Å². The Kier molecular flexibility index (Phi) is 6.15. The molecule has 0 radical (unpaired) electrons. The largest absolute Gasteiger partial charge is 0.328 e. The number of halogens is 1. The van der Waals surface area contributed by atoms with E-state index in [4.69, 9.17) is 0 Å². The molecule has 2 aromatic carbocycles. The van der Waals surface area contributed by atoms with Gasteiger partial charge >= 0.3 is 6.03 Å². The van der Waals surface area contributed by atoms with Gasteiger partial charge in [-0.3, -0.25) is 0 Å². The summed E-state index contributed by atoms with van der Waals surface area (Å²) in [6.07, 6.45) is 3.12. The van der Waals surface area contributed by atoms with E-state index in [1.165, 1.54) is 17.0 Å². The lowest BCUT2D eigenvalue weighted by Crippen LogP contribution is -2.58. The second-order valence-corrected chi connectivity index (χ2v) is 9.60. The maximum absolute atomic E-state index is 13.4. The monoisotopic (exact) mass is 449 g/mol. The van der Waals surface area contributed by atoms with Crippen molar-refractivity contribution >= 4 is 17.4 Å². The van der Waals surface area contributed by atoms with Crippen LogP contribution in [0.2, 0.25) is 0 Å². The maximum atomic E-state index is 13.4. The van der Waals surface area contributed by atoms with Crippen LogP contribution in [-0.4, -0.2) is 22.5 Å². The highest BCUT2D eigenvalue weighted by atomic mass is 32.1. The summed E-state index contributed by atoms with van der Waals surface area (Å²) in [5, 5.41) is 4.26. The van der Waals surface area contributed by atoms with E-state index in [9.17, 15) is 9.18 Å². The molecule has 6 heteroatoms. The number of urea groups is 1. The summed E-state index contributed by atoms with van der Waals surface area (Å²) < 4.78 is 13.4. The normalized spacial score (nSPS) is 19.5. The Morgan fingerprint density at radius 2 is 1.91 bits per heavy atom. The van der Waals surface area contributed by atoms with Crippen LogP contribution in [0.1, 0.15) is 47.6 Å². The van der Waals surface area contributed by atoms with Crippen molar-refractivity contribution in [1.29, 1.82) is 0 Å². The molecule has 32 heavy (non-hydrogen) atoms. The Bertz CT molecular complexity index is 1120. The van der Waals surface area contributed by atoms with Gasteiger partial charge in [-0.15, -0.1) is 17.9 Å². The van der Waals surface area contributed by atoms with Crippen LogP contribution >= 0.6 is 11.3 Å². The molecule has 3 aromatic rings. The molecule has 4 rings (SSSR count). The minimum Gasteiger partial charge on any atom is -0.328 e. The Hall–Kier alpha value is -2.99. The number of nitrogens with zero attached hydrogens (tertiary/aromatic N) is 2. The lowest BCUT2D eigenvalue weighted by molar-refractivity contribution is 0.126. The minimum absolute atomic E-state index is 0.0664. The number of carbonyl (C=O) groups is 1. The molecule has 1 aromatic heterocycles. The summed E-state index contributed by atoms with van der Waals surface area (Å²) >= 11 is 1.70. The molecule has 1 N–H and O–H groups in total. The third-order valence-electron chi connectivity index (χ3n) is 6.30. The van der Waals surface area contributed by atoms with Crippen molar-refractivity contribution in [1.82, 2.24) is 15.2 Å². The highest BCUT2D eigenvalue weighted by molar-refractivity contribution is 7.15. The average Bonchev–Trinajstić information content (AvgIpc) is 3.12. The van der Waals surface area contributed by atoms with Crippen molar-refractivity contribution in [3.05, 3.63) is 88.8 Å². The highest BCUT2D eigenvalue weighted by Crippen LogP contribution is 2.36. The molecule has 0 spiro atoms. The average molecular weight is 450 g/mol. The molecule has 0 saturated carbocycles. The topological polar surface area (TPSA) is 45.2 Å². The fourth-order valence-electron chi connectivity index (χ4n) is 4.52. The Morgan fingerprint density at radius 3 is 2.47 bits per heavy atom. The molecule has 1 aliphatic rings. The molecule has 166 valence electrons. The first-order valence-electron chi connectivity index (χ1n) is 10.8. The first-order valence-corrected chi connectivity index (χ1v) is 11.6. The van der Waals surface area contributed by atoms with Gasteiger partial charge in [0.2, 0.25) is 0 Å². The molecular formula is C26H28FN3OS. The summed E-state index contributed by atoms with van der Waals surface area (Å²) in [5.41, 5.74) is 3.62. The van der Waals surface area contributed by atoms with E-state index in [0.29, 0.717) is 13.0 Å². The van der Waals surface area contributed by atoms with E-state index in [0.717, 1.165) is 33.8 Å². The molecule has 0 bridgehead atoms. The molecule has 2 unspecified atom stereocenters. The summed E-state index contributed by atoms with van der Waals surface area (Å²) in [7, 11) is 0. The van der Waals surface area contributed by atoms with Gasteiger partial charge in [0.25, 0.3) is 0 Å². The highest BCUT2D eigenvalue weighted by Gasteiger charge is 2.40. The van der Waals surface area contributed by atoms with E-state index in [2.05, 4.69) is 48.1 Å². The first kappa shape index (κ1) is 22.2. The van der Waals surface area contributed by atoms with Gasteiger partial charge in [-0.25, -0.2) is 14.2 Å². The zero-order chi connectivity index (χ0) is 22.9. The van der Waals surface area contributed by atoms with Crippen LogP contribution in [0.3, 0.4) is 0 Å². The van der Waals surface area contributed by atoms with E-state index in [1.807, 2.05) is 24.8 Å². The van der Waals surface area contributed by atoms with E-state index < -0.39 is 5.54 Å². The number of carbonyl (C=O) groups excluding carboxylic acids is 1. The molecular weight excluding hydrogens is 421 g/mol. The SMILES string of the molecule is C=CCC1(c2ccc(F)cc2)CCN(C(C)c2ccc(-c3sc(C)nc3C)cc2)C(=O)N1. The quantitative estimate of drug-likeness (QED) is 0.436. The summed E-state index contributed by atoms with van der Waals surface area (Å²) in [5.74, 6) is -0.285. The van der Waals surface area contributed by atoms with Crippen LogP contribution in [0.25, 0.3) is 10.4 Å². The number of benzene rings is 2. The van der Waals surface area contributed by atoms with Gasteiger partial charge in [0.15, 0.2) is 0 Å². The Labute approximate surface area is 192 Å². The summed E-state index contributed by atoms with van der Waals surface area (Å²) in [6, 6.07) is 14.6. The van der Waals surface area contributed by atoms with Crippen molar-refractivity contribution < 1.29 is 9.18 Å². The number of hydrogen-bond donors (Lipinski definition) is 1. The van der Waals surface area contributed by atoms with Crippen molar-refractivity contribution in [3.8, 4) is 10.4 Å². The van der Waals surface area contributed by atoms with Crippen molar-refractivity contribution in [2.75, 3.05) is 6.54 Å². The number of amides is 2. The Balaban J connectivity index is 1.52. The summed E-state index contributed by atoms with van der Waals surface area (Å²) in [6.45, 7) is 10.6. The lowest BCUT2D eigenvalue weighted by atomic mass is 9.81.